The normalized spacial score (nSPS) is 10.9. The standard InChI is InChI=1S/C24H20N4/c1-28(25-18-19-11-5-2-6-12-19)24-26-22(20-13-7-3-8-14-20)17-23(27-24)21-15-9-4-10-16-21/h2-18H,1H3. The molecule has 0 radical (unpaired) electrons. The fraction of sp³-hybridized carbons (Fsp3) is 0.0417. The Bertz CT molecular complexity index is 1000. The topological polar surface area (TPSA) is 41.4 Å². The van der Waals surface area contributed by atoms with Crippen LogP contribution in [-0.4, -0.2) is 23.2 Å². The molecule has 0 saturated carbocycles. The van der Waals surface area contributed by atoms with Gasteiger partial charge in [-0.2, -0.15) is 5.10 Å². The molecule has 4 heteroatoms. The molecule has 0 spiro atoms. The van der Waals surface area contributed by atoms with Crippen molar-refractivity contribution >= 4 is 12.2 Å². The highest BCUT2D eigenvalue weighted by atomic mass is 15.5. The van der Waals surface area contributed by atoms with Crippen molar-refractivity contribution in [2.75, 3.05) is 12.1 Å². The van der Waals surface area contributed by atoms with Gasteiger partial charge >= 0.3 is 0 Å². The second-order valence-corrected chi connectivity index (χ2v) is 6.35. The zero-order valence-corrected chi connectivity index (χ0v) is 15.6. The quantitative estimate of drug-likeness (QED) is 0.357. The molecular formula is C24H20N4. The predicted octanol–water partition coefficient (Wildman–Crippen LogP) is 5.28. The van der Waals surface area contributed by atoms with Gasteiger partial charge in [0.2, 0.25) is 5.95 Å². The summed E-state index contributed by atoms with van der Waals surface area (Å²) in [6.07, 6.45) is 1.81. The Labute approximate surface area is 164 Å². The van der Waals surface area contributed by atoms with Gasteiger partial charge < -0.3 is 0 Å². The van der Waals surface area contributed by atoms with E-state index in [0.717, 1.165) is 28.1 Å². The number of nitrogens with zero attached hydrogens (tertiary/aromatic N) is 4. The third kappa shape index (κ3) is 4.13. The summed E-state index contributed by atoms with van der Waals surface area (Å²) in [4.78, 5) is 9.48. The van der Waals surface area contributed by atoms with Crippen molar-refractivity contribution in [3.63, 3.8) is 0 Å². The first kappa shape index (κ1) is 17.6. The van der Waals surface area contributed by atoms with Crippen molar-refractivity contribution in [2.45, 2.75) is 0 Å². The molecule has 0 bridgehead atoms. The zero-order chi connectivity index (χ0) is 19.2. The number of hydrogen-bond donors (Lipinski definition) is 0. The fourth-order valence-corrected chi connectivity index (χ4v) is 2.84. The van der Waals surface area contributed by atoms with E-state index in [2.05, 4.69) is 5.10 Å². The number of hydrazone groups is 1. The van der Waals surface area contributed by atoms with Crippen LogP contribution in [0.5, 0.6) is 0 Å². The summed E-state index contributed by atoms with van der Waals surface area (Å²) in [5.74, 6) is 0.549. The van der Waals surface area contributed by atoms with Gasteiger partial charge in [0.1, 0.15) is 0 Å². The minimum Gasteiger partial charge on any atom is -0.235 e. The SMILES string of the molecule is CN(N=Cc1ccccc1)c1nc(-c2ccccc2)cc(-c2ccccc2)n1. The molecule has 4 aromatic rings. The van der Waals surface area contributed by atoms with Crippen molar-refractivity contribution in [1.82, 2.24) is 9.97 Å². The number of aromatic nitrogens is 2. The largest absolute Gasteiger partial charge is 0.247 e. The molecule has 4 nitrogen and oxygen atoms in total. The number of hydrogen-bond acceptors (Lipinski definition) is 4. The first-order valence-corrected chi connectivity index (χ1v) is 9.12. The fourth-order valence-electron chi connectivity index (χ4n) is 2.84. The minimum absolute atomic E-state index is 0.549. The van der Waals surface area contributed by atoms with Crippen LogP contribution in [0.3, 0.4) is 0 Å². The van der Waals surface area contributed by atoms with Gasteiger partial charge in [0.05, 0.1) is 17.6 Å². The van der Waals surface area contributed by atoms with Gasteiger partial charge in [0.25, 0.3) is 0 Å². The summed E-state index contributed by atoms with van der Waals surface area (Å²) in [6.45, 7) is 0. The molecule has 0 aliphatic heterocycles. The maximum atomic E-state index is 4.74. The van der Waals surface area contributed by atoms with Gasteiger partial charge in [0.15, 0.2) is 0 Å². The van der Waals surface area contributed by atoms with Crippen molar-refractivity contribution in [3.8, 4) is 22.5 Å². The minimum atomic E-state index is 0.549. The molecular weight excluding hydrogens is 344 g/mol. The Morgan fingerprint density at radius 1 is 0.679 bits per heavy atom. The van der Waals surface area contributed by atoms with E-state index in [1.165, 1.54) is 0 Å². The van der Waals surface area contributed by atoms with Crippen LogP contribution in [0.2, 0.25) is 0 Å². The van der Waals surface area contributed by atoms with Gasteiger partial charge in [0, 0.05) is 18.2 Å². The van der Waals surface area contributed by atoms with E-state index in [1.54, 1.807) is 11.2 Å². The van der Waals surface area contributed by atoms with Gasteiger partial charge in [-0.25, -0.2) is 15.0 Å². The molecule has 0 atom stereocenters. The van der Waals surface area contributed by atoms with Crippen LogP contribution in [0.4, 0.5) is 5.95 Å². The molecule has 1 heterocycles. The average Bonchev–Trinajstić information content (AvgIpc) is 2.79. The highest BCUT2D eigenvalue weighted by Crippen LogP contribution is 2.26. The van der Waals surface area contributed by atoms with Crippen LogP contribution in [-0.2, 0) is 0 Å². The maximum absolute atomic E-state index is 4.74. The van der Waals surface area contributed by atoms with Crippen LogP contribution in [0.15, 0.2) is 102 Å². The van der Waals surface area contributed by atoms with Gasteiger partial charge in [-0.15, -0.1) is 0 Å². The van der Waals surface area contributed by atoms with Crippen LogP contribution < -0.4 is 5.01 Å². The molecule has 0 aliphatic carbocycles. The lowest BCUT2D eigenvalue weighted by Gasteiger charge is -2.14. The predicted molar refractivity (Wildman–Crippen MR) is 115 cm³/mol. The summed E-state index contributed by atoms with van der Waals surface area (Å²) >= 11 is 0. The highest BCUT2D eigenvalue weighted by molar-refractivity contribution is 5.80. The van der Waals surface area contributed by atoms with Crippen molar-refractivity contribution in [2.24, 2.45) is 5.10 Å². The molecule has 0 aliphatic rings. The van der Waals surface area contributed by atoms with E-state index in [9.17, 15) is 0 Å². The average molecular weight is 364 g/mol. The Balaban J connectivity index is 1.74. The summed E-state index contributed by atoms with van der Waals surface area (Å²) in [7, 11) is 1.86. The lowest BCUT2D eigenvalue weighted by molar-refractivity contribution is 0.938. The molecule has 4 rings (SSSR count). The van der Waals surface area contributed by atoms with E-state index in [0.29, 0.717) is 5.95 Å². The van der Waals surface area contributed by atoms with Crippen molar-refractivity contribution in [1.29, 1.82) is 0 Å². The van der Waals surface area contributed by atoms with Crippen LogP contribution in [0, 0.1) is 0 Å². The molecule has 136 valence electrons. The first-order valence-electron chi connectivity index (χ1n) is 9.12. The Morgan fingerprint density at radius 2 is 1.14 bits per heavy atom. The van der Waals surface area contributed by atoms with E-state index >= 15 is 0 Å². The van der Waals surface area contributed by atoms with Crippen LogP contribution in [0.25, 0.3) is 22.5 Å². The molecule has 1 aromatic heterocycles. The number of rotatable bonds is 5. The Kier molecular flexibility index (Phi) is 5.20. The van der Waals surface area contributed by atoms with Crippen LogP contribution in [0.1, 0.15) is 5.56 Å². The number of anilines is 1. The maximum Gasteiger partial charge on any atom is 0.247 e. The molecule has 0 fully saturated rings. The van der Waals surface area contributed by atoms with Gasteiger partial charge in [-0.3, -0.25) is 0 Å². The third-order valence-corrected chi connectivity index (χ3v) is 4.32. The Hall–Kier alpha value is -3.79. The highest BCUT2D eigenvalue weighted by Gasteiger charge is 2.11. The first-order chi connectivity index (χ1) is 13.8. The summed E-state index contributed by atoms with van der Waals surface area (Å²) in [5.41, 5.74) is 4.85. The summed E-state index contributed by atoms with van der Waals surface area (Å²) < 4.78 is 0. The van der Waals surface area contributed by atoms with Crippen LogP contribution >= 0.6 is 0 Å². The van der Waals surface area contributed by atoms with Crippen molar-refractivity contribution in [3.05, 3.63) is 103 Å². The molecule has 3 aromatic carbocycles. The molecule has 0 N–H and O–H groups in total. The second-order valence-electron chi connectivity index (χ2n) is 6.35. The third-order valence-electron chi connectivity index (χ3n) is 4.32. The molecule has 28 heavy (non-hydrogen) atoms. The summed E-state index contributed by atoms with van der Waals surface area (Å²) in [5, 5.41) is 6.22. The number of benzene rings is 3. The van der Waals surface area contributed by atoms with E-state index in [-0.39, 0.29) is 0 Å². The van der Waals surface area contributed by atoms with Gasteiger partial charge in [-0.1, -0.05) is 91.0 Å². The van der Waals surface area contributed by atoms with E-state index in [4.69, 9.17) is 9.97 Å². The van der Waals surface area contributed by atoms with Crippen molar-refractivity contribution < 1.29 is 0 Å². The lowest BCUT2D eigenvalue weighted by Crippen LogP contribution is -2.13. The van der Waals surface area contributed by atoms with Gasteiger partial charge in [-0.05, 0) is 11.6 Å². The Morgan fingerprint density at radius 3 is 1.64 bits per heavy atom. The van der Waals surface area contributed by atoms with E-state index in [1.807, 2.05) is 104 Å². The smallest absolute Gasteiger partial charge is 0.235 e. The molecule has 0 amide bonds. The molecule has 0 unspecified atom stereocenters. The lowest BCUT2D eigenvalue weighted by atomic mass is 10.1. The van der Waals surface area contributed by atoms with E-state index < -0.39 is 0 Å². The summed E-state index contributed by atoms with van der Waals surface area (Å²) in [6, 6.07) is 32.2. The zero-order valence-electron chi connectivity index (χ0n) is 15.6. The monoisotopic (exact) mass is 364 g/mol. The second kappa shape index (κ2) is 8.27. The molecule has 0 saturated heterocycles.